The monoisotopic (exact) mass is 420 g/mol. The first kappa shape index (κ1) is 21.5. The van der Waals surface area contributed by atoms with Crippen LogP contribution >= 0.6 is 0 Å². The molecule has 1 aliphatic heterocycles. The Hall–Kier alpha value is -2.23. The summed E-state index contributed by atoms with van der Waals surface area (Å²) in [5.74, 6) is 0.807. The molecule has 158 valence electrons. The molecule has 0 radical (unpaired) electrons. The number of hydrogen-bond acceptors (Lipinski definition) is 5. The summed E-state index contributed by atoms with van der Waals surface area (Å²) < 4.78 is 35.0. The summed E-state index contributed by atoms with van der Waals surface area (Å²) in [4.78, 5) is 12.5. The van der Waals surface area contributed by atoms with Crippen LogP contribution in [0.1, 0.15) is 37.1 Å². The number of aromatic nitrogens is 3. The van der Waals surface area contributed by atoms with Crippen LogP contribution in [0.15, 0.2) is 40.5 Å². The first-order chi connectivity index (χ1) is 14.0. The highest BCUT2D eigenvalue weighted by Gasteiger charge is 2.30. The van der Waals surface area contributed by atoms with Crippen molar-refractivity contribution in [3.8, 4) is 0 Å². The maximum atomic E-state index is 12.7. The van der Waals surface area contributed by atoms with Crippen LogP contribution < -0.4 is 5.69 Å². The van der Waals surface area contributed by atoms with Gasteiger partial charge < -0.3 is 4.74 Å². The number of piperidine rings is 1. The Morgan fingerprint density at radius 3 is 2.52 bits per heavy atom. The Labute approximate surface area is 171 Å². The van der Waals surface area contributed by atoms with Gasteiger partial charge in [-0.3, -0.25) is 4.57 Å². The molecule has 2 aromatic rings. The molecule has 3 rings (SSSR count). The van der Waals surface area contributed by atoms with Gasteiger partial charge >= 0.3 is 5.69 Å². The van der Waals surface area contributed by atoms with Gasteiger partial charge in [0.15, 0.2) is 0 Å². The Balaban J connectivity index is 1.69. The van der Waals surface area contributed by atoms with Crippen LogP contribution in [0.3, 0.4) is 0 Å². The molecular weight excluding hydrogens is 392 g/mol. The number of ether oxygens (including phenoxy) is 1. The van der Waals surface area contributed by atoms with Gasteiger partial charge in [-0.1, -0.05) is 30.3 Å². The van der Waals surface area contributed by atoms with E-state index in [4.69, 9.17) is 4.74 Å². The van der Waals surface area contributed by atoms with Crippen molar-refractivity contribution < 1.29 is 13.2 Å². The average molecular weight is 421 g/mol. The zero-order chi connectivity index (χ0) is 20.9. The summed E-state index contributed by atoms with van der Waals surface area (Å²) in [6, 6.07) is 9.36. The van der Waals surface area contributed by atoms with Crippen LogP contribution in [0.25, 0.3) is 6.08 Å². The minimum Gasteiger partial charge on any atom is -0.383 e. The molecule has 1 aliphatic rings. The fourth-order valence-corrected chi connectivity index (χ4v) is 4.78. The lowest BCUT2D eigenvalue weighted by Gasteiger charge is -2.29. The highest BCUT2D eigenvalue weighted by Crippen LogP contribution is 2.28. The lowest BCUT2D eigenvalue weighted by Crippen LogP contribution is -2.37. The van der Waals surface area contributed by atoms with Crippen LogP contribution in [0.5, 0.6) is 0 Å². The van der Waals surface area contributed by atoms with Gasteiger partial charge in [-0.25, -0.2) is 17.9 Å². The van der Waals surface area contributed by atoms with E-state index < -0.39 is 10.0 Å². The van der Waals surface area contributed by atoms with E-state index in [-0.39, 0.29) is 11.6 Å². The molecule has 1 aromatic heterocycles. The van der Waals surface area contributed by atoms with E-state index in [1.807, 2.05) is 37.3 Å². The van der Waals surface area contributed by atoms with Crippen molar-refractivity contribution in [2.24, 2.45) is 0 Å². The number of sulfonamides is 1. The fourth-order valence-electron chi connectivity index (χ4n) is 3.56. The molecule has 9 heteroatoms. The average Bonchev–Trinajstić information content (AvgIpc) is 3.07. The minimum atomic E-state index is -3.48. The molecule has 1 saturated heterocycles. The molecular formula is C20H28N4O4S. The van der Waals surface area contributed by atoms with E-state index in [1.165, 1.54) is 14.4 Å². The van der Waals surface area contributed by atoms with E-state index in [1.54, 1.807) is 17.8 Å². The Bertz CT molecular complexity index is 987. The minimum absolute atomic E-state index is 0.0657. The predicted molar refractivity (Wildman–Crippen MR) is 112 cm³/mol. The summed E-state index contributed by atoms with van der Waals surface area (Å²) in [6.07, 6.45) is 2.89. The molecule has 2 heterocycles. The van der Waals surface area contributed by atoms with Crippen LogP contribution in [0.2, 0.25) is 0 Å². The quantitative estimate of drug-likeness (QED) is 0.651. The molecule has 1 fully saturated rings. The SMILES string of the molecule is CCn1c(C2CCN(S(=O)(=O)/C=C/c3ccccc3)CC2)nn(CCOC)c1=O. The molecule has 0 N–H and O–H groups in total. The molecule has 0 atom stereocenters. The van der Waals surface area contributed by atoms with Gasteiger partial charge in [-0.15, -0.1) is 0 Å². The topological polar surface area (TPSA) is 86.4 Å². The zero-order valence-electron chi connectivity index (χ0n) is 16.9. The van der Waals surface area contributed by atoms with Gasteiger partial charge in [-0.2, -0.15) is 9.40 Å². The Kier molecular flexibility index (Phi) is 7.05. The maximum Gasteiger partial charge on any atom is 0.345 e. The smallest absolute Gasteiger partial charge is 0.345 e. The summed E-state index contributed by atoms with van der Waals surface area (Å²) in [7, 11) is -1.89. The zero-order valence-corrected chi connectivity index (χ0v) is 17.7. The molecule has 1 aromatic carbocycles. The fraction of sp³-hybridized carbons (Fsp3) is 0.500. The summed E-state index contributed by atoms with van der Waals surface area (Å²) in [5, 5.41) is 5.78. The number of methoxy groups -OCH3 is 1. The lowest BCUT2D eigenvalue weighted by molar-refractivity contribution is 0.182. The third kappa shape index (κ3) is 5.04. The van der Waals surface area contributed by atoms with Gasteiger partial charge in [0.05, 0.1) is 13.2 Å². The normalized spacial score (nSPS) is 16.6. The first-order valence-electron chi connectivity index (χ1n) is 9.86. The number of nitrogens with zero attached hydrogens (tertiary/aromatic N) is 4. The van der Waals surface area contributed by atoms with E-state index in [2.05, 4.69) is 5.10 Å². The molecule has 0 amide bonds. The van der Waals surface area contributed by atoms with Crippen molar-refractivity contribution in [1.29, 1.82) is 0 Å². The van der Waals surface area contributed by atoms with Crippen LogP contribution in [-0.4, -0.2) is 53.9 Å². The molecule has 0 unspecified atom stereocenters. The molecule has 8 nitrogen and oxygen atoms in total. The molecule has 29 heavy (non-hydrogen) atoms. The van der Waals surface area contributed by atoms with Gasteiger partial charge in [0, 0.05) is 38.1 Å². The van der Waals surface area contributed by atoms with E-state index in [0.29, 0.717) is 45.6 Å². The van der Waals surface area contributed by atoms with E-state index in [0.717, 1.165) is 11.4 Å². The Morgan fingerprint density at radius 1 is 1.21 bits per heavy atom. The number of hydrogen-bond donors (Lipinski definition) is 0. The predicted octanol–water partition coefficient (Wildman–Crippen LogP) is 1.89. The highest BCUT2D eigenvalue weighted by atomic mass is 32.2. The van der Waals surface area contributed by atoms with E-state index in [9.17, 15) is 13.2 Å². The third-order valence-corrected chi connectivity index (χ3v) is 6.75. The highest BCUT2D eigenvalue weighted by molar-refractivity contribution is 7.92. The second kappa shape index (κ2) is 9.51. The van der Waals surface area contributed by atoms with Crippen LogP contribution in [0.4, 0.5) is 0 Å². The summed E-state index contributed by atoms with van der Waals surface area (Å²) in [5.41, 5.74) is 0.708. The van der Waals surface area contributed by atoms with Gasteiger partial charge in [0.1, 0.15) is 5.82 Å². The van der Waals surface area contributed by atoms with Crippen LogP contribution in [-0.2, 0) is 27.8 Å². The van der Waals surface area contributed by atoms with Gasteiger partial charge in [-0.05, 0) is 31.4 Å². The largest absolute Gasteiger partial charge is 0.383 e. The lowest BCUT2D eigenvalue weighted by atomic mass is 9.97. The van der Waals surface area contributed by atoms with E-state index >= 15 is 0 Å². The van der Waals surface area contributed by atoms with Crippen molar-refractivity contribution in [3.05, 3.63) is 57.6 Å². The van der Waals surface area contributed by atoms with Crippen molar-refractivity contribution >= 4 is 16.1 Å². The Morgan fingerprint density at radius 2 is 1.90 bits per heavy atom. The second-order valence-electron chi connectivity index (χ2n) is 7.03. The maximum absolute atomic E-state index is 12.7. The second-order valence-corrected chi connectivity index (χ2v) is 8.85. The van der Waals surface area contributed by atoms with Gasteiger partial charge in [0.2, 0.25) is 10.0 Å². The van der Waals surface area contributed by atoms with Gasteiger partial charge in [0.25, 0.3) is 0 Å². The molecule has 0 aliphatic carbocycles. The van der Waals surface area contributed by atoms with Crippen molar-refractivity contribution in [1.82, 2.24) is 18.7 Å². The number of benzene rings is 1. The summed E-state index contributed by atoms with van der Waals surface area (Å²) in [6.45, 7) is 4.11. The standard InChI is InChI=1S/C20H28N4O4S/c1-3-23-19(21-24(20(23)25)14-15-28-2)18-9-12-22(13-10-18)29(26,27)16-11-17-7-5-4-6-8-17/h4-8,11,16,18H,3,9-10,12-15H2,1-2H3/b16-11+. The molecule has 0 spiro atoms. The molecule has 0 bridgehead atoms. The first-order valence-corrected chi connectivity index (χ1v) is 11.4. The van der Waals surface area contributed by atoms with Crippen molar-refractivity contribution in [2.75, 3.05) is 26.8 Å². The summed E-state index contributed by atoms with van der Waals surface area (Å²) >= 11 is 0. The van der Waals surface area contributed by atoms with Crippen LogP contribution in [0, 0.1) is 0 Å². The molecule has 0 saturated carbocycles. The number of rotatable bonds is 8. The van der Waals surface area contributed by atoms with Crippen molar-refractivity contribution in [2.45, 2.75) is 38.8 Å². The van der Waals surface area contributed by atoms with Crippen molar-refractivity contribution in [3.63, 3.8) is 0 Å². The third-order valence-electron chi connectivity index (χ3n) is 5.19.